The zero-order valence-electron chi connectivity index (χ0n) is 14.8. The highest BCUT2D eigenvalue weighted by Crippen LogP contribution is 2.21. The molecule has 1 aromatic carbocycles. The Morgan fingerprint density at radius 3 is 2.46 bits per heavy atom. The molecule has 0 fully saturated rings. The van der Waals surface area contributed by atoms with Crippen LogP contribution in [0.15, 0.2) is 55.0 Å². The number of Topliss-reactive ketones (excluding diaryl/α,β-unsaturated/α-hetero) is 1. The average molecular weight is 349 g/mol. The van der Waals surface area contributed by atoms with Gasteiger partial charge in [0, 0.05) is 42.0 Å². The van der Waals surface area contributed by atoms with Gasteiger partial charge in [-0.1, -0.05) is 19.1 Å². The van der Waals surface area contributed by atoms with Crippen LogP contribution in [0.25, 0.3) is 0 Å². The van der Waals surface area contributed by atoms with Crippen molar-refractivity contribution in [2.75, 3.05) is 0 Å². The lowest BCUT2D eigenvalue weighted by Gasteiger charge is -2.13. The summed E-state index contributed by atoms with van der Waals surface area (Å²) in [7, 11) is 0. The Morgan fingerprint density at radius 1 is 1.08 bits per heavy atom. The van der Waals surface area contributed by atoms with E-state index in [4.69, 9.17) is 4.98 Å². The number of hydrogen-bond acceptors (Lipinski definition) is 4. The first-order chi connectivity index (χ1) is 12.5. The second kappa shape index (κ2) is 7.95. The third kappa shape index (κ3) is 4.57. The number of pyridine rings is 1. The van der Waals surface area contributed by atoms with Crippen LogP contribution in [0.4, 0.5) is 4.39 Å². The fraction of sp³-hybridized carbons (Fsp3) is 0.238. The Kier molecular flexibility index (Phi) is 5.46. The van der Waals surface area contributed by atoms with E-state index in [1.807, 2.05) is 12.1 Å². The van der Waals surface area contributed by atoms with Crippen molar-refractivity contribution in [3.63, 3.8) is 0 Å². The third-order valence-electron chi connectivity index (χ3n) is 4.27. The predicted octanol–water partition coefficient (Wildman–Crippen LogP) is 4.15. The molecule has 2 heterocycles. The minimum atomic E-state index is -0.246. The molecule has 0 radical (unpaired) electrons. The summed E-state index contributed by atoms with van der Waals surface area (Å²) in [6.45, 7) is 3.62. The first kappa shape index (κ1) is 17.9. The maximum absolute atomic E-state index is 13.1. The summed E-state index contributed by atoms with van der Waals surface area (Å²) >= 11 is 0. The molecule has 0 unspecified atom stereocenters. The fourth-order valence-electron chi connectivity index (χ4n) is 2.88. The van der Waals surface area contributed by atoms with Crippen molar-refractivity contribution < 1.29 is 9.18 Å². The molecule has 0 aliphatic heterocycles. The number of aromatic nitrogens is 3. The zero-order chi connectivity index (χ0) is 18.5. The van der Waals surface area contributed by atoms with Crippen LogP contribution in [0, 0.1) is 5.82 Å². The number of carbonyl (C=O) groups excluding carboxylic acids is 1. The molecule has 3 rings (SSSR count). The quantitative estimate of drug-likeness (QED) is 0.627. The molecular formula is C21H20FN3O. The van der Waals surface area contributed by atoms with Crippen LogP contribution in [-0.4, -0.2) is 20.7 Å². The lowest BCUT2D eigenvalue weighted by Crippen LogP contribution is -2.07. The van der Waals surface area contributed by atoms with Crippen LogP contribution in [0.2, 0.25) is 0 Å². The van der Waals surface area contributed by atoms with Crippen LogP contribution in [0.5, 0.6) is 0 Å². The van der Waals surface area contributed by atoms with Crippen LogP contribution >= 0.6 is 0 Å². The molecule has 2 aromatic heterocycles. The molecule has 0 saturated carbocycles. The van der Waals surface area contributed by atoms with Gasteiger partial charge < -0.3 is 0 Å². The molecule has 1 atom stereocenters. The average Bonchev–Trinajstić information content (AvgIpc) is 2.63. The molecule has 0 saturated heterocycles. The van der Waals surface area contributed by atoms with Gasteiger partial charge >= 0.3 is 0 Å². The molecule has 0 aliphatic rings. The highest BCUT2D eigenvalue weighted by molar-refractivity contribution is 5.94. The lowest BCUT2D eigenvalue weighted by molar-refractivity contribution is 0.101. The maximum atomic E-state index is 13.1. The highest BCUT2D eigenvalue weighted by atomic mass is 19.1. The van der Waals surface area contributed by atoms with Crippen LogP contribution in [0.3, 0.4) is 0 Å². The number of ketones is 1. The van der Waals surface area contributed by atoms with Crippen molar-refractivity contribution in [1.82, 2.24) is 15.0 Å². The molecule has 26 heavy (non-hydrogen) atoms. The second-order valence-electron chi connectivity index (χ2n) is 6.42. The van der Waals surface area contributed by atoms with E-state index in [2.05, 4.69) is 16.9 Å². The summed E-state index contributed by atoms with van der Waals surface area (Å²) in [6, 6.07) is 10.1. The third-order valence-corrected chi connectivity index (χ3v) is 4.27. The van der Waals surface area contributed by atoms with Gasteiger partial charge in [0.2, 0.25) is 0 Å². The molecule has 0 N–H and O–H groups in total. The summed E-state index contributed by atoms with van der Waals surface area (Å²) in [4.78, 5) is 24.9. The van der Waals surface area contributed by atoms with Crippen molar-refractivity contribution in [3.05, 3.63) is 89.0 Å². The highest BCUT2D eigenvalue weighted by Gasteiger charge is 2.12. The standard InChI is InChI=1S/C21H20FN3O/c1-14(16-3-5-18(22)6-4-16)9-19-10-17(15(2)26)11-20(25-19)12-21-13-23-7-8-24-21/h3-8,10-11,13-14H,9,12H2,1-2H3/t14-/m1/s1. The smallest absolute Gasteiger partial charge is 0.159 e. The molecule has 3 aromatic rings. The Bertz CT molecular complexity index is 895. The Morgan fingerprint density at radius 2 is 1.81 bits per heavy atom. The van der Waals surface area contributed by atoms with Crippen molar-refractivity contribution in [3.8, 4) is 0 Å². The topological polar surface area (TPSA) is 55.7 Å². The van der Waals surface area contributed by atoms with E-state index in [-0.39, 0.29) is 17.5 Å². The van der Waals surface area contributed by atoms with Gasteiger partial charge in [-0.25, -0.2) is 4.39 Å². The SMILES string of the molecule is CC(=O)c1cc(Cc2cnccn2)nc(C[C@@H](C)c2ccc(F)cc2)c1. The molecule has 0 amide bonds. The van der Waals surface area contributed by atoms with Gasteiger partial charge in [-0.15, -0.1) is 0 Å². The van der Waals surface area contributed by atoms with Crippen LogP contribution in [-0.2, 0) is 12.8 Å². The second-order valence-corrected chi connectivity index (χ2v) is 6.42. The molecule has 4 nitrogen and oxygen atoms in total. The summed E-state index contributed by atoms with van der Waals surface area (Å²) in [5.41, 5.74) is 4.11. The minimum absolute atomic E-state index is 0.00322. The van der Waals surface area contributed by atoms with E-state index in [1.54, 1.807) is 37.6 Å². The minimum Gasteiger partial charge on any atom is -0.295 e. The van der Waals surface area contributed by atoms with E-state index >= 15 is 0 Å². The lowest BCUT2D eigenvalue weighted by atomic mass is 9.95. The summed E-state index contributed by atoms with van der Waals surface area (Å²) in [5.74, 6) is -0.0814. The van der Waals surface area contributed by atoms with Gasteiger partial charge in [0.05, 0.1) is 5.69 Å². The number of nitrogens with zero attached hydrogens (tertiary/aromatic N) is 3. The predicted molar refractivity (Wildman–Crippen MR) is 97.6 cm³/mol. The van der Waals surface area contributed by atoms with Crippen LogP contribution < -0.4 is 0 Å². The van der Waals surface area contributed by atoms with E-state index in [1.165, 1.54) is 12.1 Å². The van der Waals surface area contributed by atoms with E-state index in [0.717, 1.165) is 22.6 Å². The molecule has 0 aliphatic carbocycles. The van der Waals surface area contributed by atoms with Gasteiger partial charge in [0.25, 0.3) is 0 Å². The first-order valence-electron chi connectivity index (χ1n) is 8.52. The largest absolute Gasteiger partial charge is 0.295 e. The van der Waals surface area contributed by atoms with E-state index < -0.39 is 0 Å². The molecule has 132 valence electrons. The maximum Gasteiger partial charge on any atom is 0.159 e. The summed E-state index contributed by atoms with van der Waals surface area (Å²) in [6.07, 6.45) is 6.15. The number of hydrogen-bond donors (Lipinski definition) is 0. The van der Waals surface area contributed by atoms with Gasteiger partial charge in [0.15, 0.2) is 5.78 Å². The number of carbonyl (C=O) groups is 1. The van der Waals surface area contributed by atoms with Gasteiger partial charge in [0.1, 0.15) is 5.82 Å². The summed E-state index contributed by atoms with van der Waals surface area (Å²) in [5, 5.41) is 0. The molecule has 5 heteroatoms. The fourth-order valence-corrected chi connectivity index (χ4v) is 2.88. The Labute approximate surface area is 152 Å². The zero-order valence-corrected chi connectivity index (χ0v) is 14.8. The van der Waals surface area contributed by atoms with Gasteiger partial charge in [-0.3, -0.25) is 19.7 Å². The molecule has 0 bridgehead atoms. The van der Waals surface area contributed by atoms with E-state index in [0.29, 0.717) is 18.4 Å². The van der Waals surface area contributed by atoms with Gasteiger partial charge in [-0.2, -0.15) is 0 Å². The van der Waals surface area contributed by atoms with Crippen molar-refractivity contribution in [1.29, 1.82) is 0 Å². The van der Waals surface area contributed by atoms with Crippen LogP contribution in [0.1, 0.15) is 52.8 Å². The Balaban J connectivity index is 1.85. The molecule has 0 spiro atoms. The normalized spacial score (nSPS) is 12.0. The Hall–Kier alpha value is -2.95. The number of halogens is 1. The first-order valence-corrected chi connectivity index (χ1v) is 8.52. The monoisotopic (exact) mass is 349 g/mol. The number of benzene rings is 1. The van der Waals surface area contributed by atoms with Crippen molar-refractivity contribution in [2.45, 2.75) is 32.6 Å². The van der Waals surface area contributed by atoms with Gasteiger partial charge in [-0.05, 0) is 49.1 Å². The summed E-state index contributed by atoms with van der Waals surface area (Å²) < 4.78 is 13.1. The van der Waals surface area contributed by atoms with Crippen molar-refractivity contribution >= 4 is 5.78 Å². The van der Waals surface area contributed by atoms with Crippen molar-refractivity contribution in [2.24, 2.45) is 0 Å². The molecular weight excluding hydrogens is 329 g/mol. The van der Waals surface area contributed by atoms with E-state index in [9.17, 15) is 9.18 Å². The number of rotatable bonds is 6.